The van der Waals surface area contributed by atoms with E-state index in [1.54, 1.807) is 0 Å². The average molecular weight is 240 g/mol. The third-order valence-corrected chi connectivity index (χ3v) is 3.03. The quantitative estimate of drug-likeness (QED) is 0.792. The third kappa shape index (κ3) is 2.76. The monoisotopic (exact) mass is 240 g/mol. The number of rotatable bonds is 2. The Balaban J connectivity index is 2.44. The van der Waals surface area contributed by atoms with Gasteiger partial charge in [-0.3, -0.25) is 4.98 Å². The summed E-state index contributed by atoms with van der Waals surface area (Å²) >= 11 is 0. The Labute approximate surface area is 109 Å². The van der Waals surface area contributed by atoms with Crippen LogP contribution in [0.1, 0.15) is 39.0 Å². The van der Waals surface area contributed by atoms with Crippen LogP contribution in [0, 0.1) is 0 Å². The maximum atomic E-state index is 4.73. The second kappa shape index (κ2) is 4.89. The van der Waals surface area contributed by atoms with Gasteiger partial charge in [-0.1, -0.05) is 45.9 Å². The van der Waals surface area contributed by atoms with Gasteiger partial charge in [0.1, 0.15) is 0 Å². The van der Waals surface area contributed by atoms with Crippen LogP contribution >= 0.6 is 0 Å². The molecular formula is C16H20N2. The van der Waals surface area contributed by atoms with Gasteiger partial charge in [0, 0.05) is 17.2 Å². The lowest BCUT2D eigenvalue weighted by molar-refractivity contribution is 0.566. The Bertz CT molecular complexity index is 539. The minimum absolute atomic E-state index is 0.0331. The minimum atomic E-state index is 0.0331. The van der Waals surface area contributed by atoms with Crippen LogP contribution in [0.3, 0.4) is 0 Å². The molecular weight excluding hydrogens is 220 g/mol. The number of benzene rings is 1. The molecule has 0 N–H and O–H groups in total. The molecule has 0 saturated heterocycles. The van der Waals surface area contributed by atoms with Crippen molar-refractivity contribution in [2.24, 2.45) is 0 Å². The van der Waals surface area contributed by atoms with Gasteiger partial charge in [0.2, 0.25) is 0 Å². The minimum Gasteiger partial charge on any atom is -0.261 e. The van der Waals surface area contributed by atoms with Gasteiger partial charge in [-0.25, -0.2) is 4.98 Å². The van der Waals surface area contributed by atoms with Crippen LogP contribution in [0.15, 0.2) is 36.7 Å². The number of aryl methyl sites for hydroxylation is 1. The molecule has 0 spiro atoms. The van der Waals surface area contributed by atoms with Crippen LogP contribution < -0.4 is 0 Å². The maximum absolute atomic E-state index is 4.73. The summed E-state index contributed by atoms with van der Waals surface area (Å²) in [5.41, 5.74) is 4.49. The molecule has 1 aromatic carbocycles. The first-order chi connectivity index (χ1) is 8.50. The van der Waals surface area contributed by atoms with E-state index in [1.165, 1.54) is 5.56 Å². The van der Waals surface area contributed by atoms with Crippen molar-refractivity contribution in [2.75, 3.05) is 0 Å². The summed E-state index contributed by atoms with van der Waals surface area (Å²) < 4.78 is 0. The van der Waals surface area contributed by atoms with E-state index in [1.807, 2.05) is 12.4 Å². The predicted octanol–water partition coefficient (Wildman–Crippen LogP) is 4.00. The zero-order chi connectivity index (χ0) is 13.2. The zero-order valence-electron chi connectivity index (χ0n) is 11.6. The standard InChI is InChI=1S/C16H20N2/c1-5-12-7-6-8-13(9-12)14-10-17-11-15(18-14)16(2,3)4/h6-11H,5H2,1-4H3. The second-order valence-corrected chi connectivity index (χ2v) is 5.59. The van der Waals surface area contributed by atoms with E-state index in [2.05, 4.69) is 56.9 Å². The molecule has 0 aliphatic rings. The van der Waals surface area contributed by atoms with E-state index >= 15 is 0 Å². The average Bonchev–Trinajstić information content (AvgIpc) is 2.38. The topological polar surface area (TPSA) is 25.8 Å². The highest BCUT2D eigenvalue weighted by Gasteiger charge is 2.16. The van der Waals surface area contributed by atoms with Crippen molar-refractivity contribution in [3.8, 4) is 11.3 Å². The third-order valence-electron chi connectivity index (χ3n) is 3.03. The molecule has 94 valence electrons. The molecule has 2 aromatic rings. The smallest absolute Gasteiger partial charge is 0.0888 e. The molecule has 0 radical (unpaired) electrons. The molecule has 1 heterocycles. The lowest BCUT2D eigenvalue weighted by Gasteiger charge is -2.17. The van der Waals surface area contributed by atoms with Gasteiger partial charge in [-0.15, -0.1) is 0 Å². The number of nitrogens with zero attached hydrogens (tertiary/aromatic N) is 2. The Morgan fingerprint density at radius 2 is 1.89 bits per heavy atom. The maximum Gasteiger partial charge on any atom is 0.0888 e. The summed E-state index contributed by atoms with van der Waals surface area (Å²) in [6.45, 7) is 8.63. The lowest BCUT2D eigenvalue weighted by Crippen LogP contribution is -2.14. The molecule has 0 aliphatic heterocycles. The number of hydrogen-bond donors (Lipinski definition) is 0. The Hall–Kier alpha value is -1.70. The van der Waals surface area contributed by atoms with E-state index in [9.17, 15) is 0 Å². The molecule has 1 aromatic heterocycles. The van der Waals surface area contributed by atoms with Crippen molar-refractivity contribution in [1.29, 1.82) is 0 Å². The van der Waals surface area contributed by atoms with Gasteiger partial charge >= 0.3 is 0 Å². The molecule has 0 unspecified atom stereocenters. The number of hydrogen-bond acceptors (Lipinski definition) is 2. The highest BCUT2D eigenvalue weighted by molar-refractivity contribution is 5.59. The summed E-state index contributed by atoms with van der Waals surface area (Å²) in [5, 5.41) is 0. The Kier molecular flexibility index (Phi) is 3.46. The molecule has 18 heavy (non-hydrogen) atoms. The van der Waals surface area contributed by atoms with Gasteiger partial charge < -0.3 is 0 Å². The van der Waals surface area contributed by atoms with E-state index in [0.717, 1.165) is 23.4 Å². The van der Waals surface area contributed by atoms with Gasteiger partial charge in [-0.2, -0.15) is 0 Å². The molecule has 2 nitrogen and oxygen atoms in total. The van der Waals surface area contributed by atoms with Crippen LogP contribution in [0.2, 0.25) is 0 Å². The fourth-order valence-corrected chi connectivity index (χ4v) is 1.82. The first-order valence-electron chi connectivity index (χ1n) is 6.42. The lowest BCUT2D eigenvalue weighted by atomic mass is 9.92. The van der Waals surface area contributed by atoms with Crippen molar-refractivity contribution < 1.29 is 0 Å². The zero-order valence-corrected chi connectivity index (χ0v) is 11.6. The van der Waals surface area contributed by atoms with Crippen LogP contribution in [0.4, 0.5) is 0 Å². The van der Waals surface area contributed by atoms with Crippen molar-refractivity contribution in [1.82, 2.24) is 9.97 Å². The van der Waals surface area contributed by atoms with Crippen LogP contribution in [0.25, 0.3) is 11.3 Å². The van der Waals surface area contributed by atoms with Crippen LogP contribution in [-0.4, -0.2) is 9.97 Å². The van der Waals surface area contributed by atoms with Crippen molar-refractivity contribution in [3.05, 3.63) is 47.9 Å². The molecule has 0 fully saturated rings. The molecule has 0 saturated carbocycles. The second-order valence-electron chi connectivity index (χ2n) is 5.59. The van der Waals surface area contributed by atoms with Crippen LogP contribution in [0.5, 0.6) is 0 Å². The Morgan fingerprint density at radius 3 is 2.56 bits per heavy atom. The molecule has 0 bridgehead atoms. The van der Waals surface area contributed by atoms with Crippen molar-refractivity contribution in [2.45, 2.75) is 39.5 Å². The highest BCUT2D eigenvalue weighted by atomic mass is 14.8. The molecule has 2 rings (SSSR count). The highest BCUT2D eigenvalue weighted by Crippen LogP contribution is 2.23. The largest absolute Gasteiger partial charge is 0.261 e. The van der Waals surface area contributed by atoms with Crippen LogP contribution in [-0.2, 0) is 11.8 Å². The van der Waals surface area contributed by atoms with Gasteiger partial charge in [0.25, 0.3) is 0 Å². The summed E-state index contributed by atoms with van der Waals surface area (Å²) in [7, 11) is 0. The van der Waals surface area contributed by atoms with E-state index in [0.29, 0.717) is 0 Å². The van der Waals surface area contributed by atoms with Gasteiger partial charge in [0.15, 0.2) is 0 Å². The van der Waals surface area contributed by atoms with Crippen molar-refractivity contribution >= 4 is 0 Å². The first kappa shape index (κ1) is 12.7. The normalized spacial score (nSPS) is 11.6. The fourth-order valence-electron chi connectivity index (χ4n) is 1.82. The SMILES string of the molecule is CCc1cccc(-c2cncc(C(C)(C)C)n2)c1. The van der Waals surface area contributed by atoms with Gasteiger partial charge in [0.05, 0.1) is 17.6 Å². The fraction of sp³-hybridized carbons (Fsp3) is 0.375. The first-order valence-corrected chi connectivity index (χ1v) is 6.42. The molecule has 0 amide bonds. The van der Waals surface area contributed by atoms with Crippen molar-refractivity contribution in [3.63, 3.8) is 0 Å². The summed E-state index contributed by atoms with van der Waals surface area (Å²) in [6.07, 6.45) is 4.73. The molecule has 0 atom stereocenters. The van der Waals surface area contributed by atoms with E-state index in [-0.39, 0.29) is 5.41 Å². The molecule has 2 heteroatoms. The number of aromatic nitrogens is 2. The van der Waals surface area contributed by atoms with E-state index in [4.69, 9.17) is 4.98 Å². The predicted molar refractivity (Wildman–Crippen MR) is 75.5 cm³/mol. The summed E-state index contributed by atoms with van der Waals surface area (Å²) in [5.74, 6) is 0. The summed E-state index contributed by atoms with van der Waals surface area (Å²) in [6, 6.07) is 8.51. The Morgan fingerprint density at radius 1 is 1.11 bits per heavy atom. The summed E-state index contributed by atoms with van der Waals surface area (Å²) in [4.78, 5) is 9.05. The molecule has 0 aliphatic carbocycles. The van der Waals surface area contributed by atoms with Gasteiger partial charge in [-0.05, 0) is 18.1 Å². The van der Waals surface area contributed by atoms with E-state index < -0.39 is 0 Å².